The van der Waals surface area contributed by atoms with Crippen molar-refractivity contribution in [1.82, 2.24) is 0 Å². The van der Waals surface area contributed by atoms with E-state index in [4.69, 9.17) is 14.7 Å². The standard InChI is InChI=1S/C14H16BrNO2/c1-17-12-4-2-3-11(9-15)13(12)18-10-14(5-6-14)7-8-16/h2-4H,5-7,9-10H2,1H3. The minimum atomic E-state index is 0.0825. The normalized spacial score (nSPS) is 15.8. The molecule has 2 rings (SSSR count). The van der Waals surface area contributed by atoms with Gasteiger partial charge in [0.05, 0.1) is 19.8 Å². The molecular formula is C14H16BrNO2. The molecule has 1 aromatic rings. The monoisotopic (exact) mass is 309 g/mol. The average Bonchev–Trinajstić information content (AvgIpc) is 3.16. The first-order valence-corrected chi connectivity index (χ1v) is 7.08. The lowest BCUT2D eigenvalue weighted by atomic mass is 10.1. The second-order valence-corrected chi connectivity index (χ2v) is 5.27. The van der Waals surface area contributed by atoms with Crippen LogP contribution in [0.1, 0.15) is 24.8 Å². The average molecular weight is 310 g/mol. The molecule has 0 N–H and O–H groups in total. The van der Waals surface area contributed by atoms with E-state index in [1.165, 1.54) is 0 Å². The fourth-order valence-corrected chi connectivity index (χ4v) is 2.37. The molecular weight excluding hydrogens is 294 g/mol. The summed E-state index contributed by atoms with van der Waals surface area (Å²) in [7, 11) is 1.64. The van der Waals surface area contributed by atoms with Gasteiger partial charge in [-0.05, 0) is 18.9 Å². The number of alkyl halides is 1. The summed E-state index contributed by atoms with van der Waals surface area (Å²) in [5.74, 6) is 1.54. The Balaban J connectivity index is 2.11. The lowest BCUT2D eigenvalue weighted by molar-refractivity contribution is 0.225. The maximum Gasteiger partial charge on any atom is 0.165 e. The van der Waals surface area contributed by atoms with E-state index in [0.717, 1.165) is 35.2 Å². The first kappa shape index (κ1) is 13.2. The van der Waals surface area contributed by atoms with Crippen LogP contribution in [-0.4, -0.2) is 13.7 Å². The van der Waals surface area contributed by atoms with Crippen molar-refractivity contribution in [2.24, 2.45) is 5.41 Å². The Labute approximate surface area is 116 Å². The highest BCUT2D eigenvalue weighted by molar-refractivity contribution is 9.08. The fourth-order valence-electron chi connectivity index (χ4n) is 1.93. The summed E-state index contributed by atoms with van der Waals surface area (Å²) in [5.41, 5.74) is 1.15. The van der Waals surface area contributed by atoms with E-state index in [0.29, 0.717) is 13.0 Å². The van der Waals surface area contributed by atoms with E-state index in [1.54, 1.807) is 7.11 Å². The van der Waals surface area contributed by atoms with Crippen LogP contribution in [0, 0.1) is 16.7 Å². The molecule has 96 valence electrons. The van der Waals surface area contributed by atoms with Crippen LogP contribution in [0.3, 0.4) is 0 Å². The lowest BCUT2D eigenvalue weighted by Crippen LogP contribution is -2.13. The molecule has 0 saturated heterocycles. The molecule has 0 bridgehead atoms. The second kappa shape index (κ2) is 5.62. The number of nitriles is 1. The molecule has 0 heterocycles. The first-order chi connectivity index (χ1) is 8.74. The molecule has 0 atom stereocenters. The Bertz CT molecular complexity index is 441. The highest BCUT2D eigenvalue weighted by Crippen LogP contribution is 2.49. The van der Waals surface area contributed by atoms with Crippen LogP contribution < -0.4 is 9.47 Å². The van der Waals surface area contributed by atoms with Gasteiger partial charge in [-0.25, -0.2) is 0 Å². The zero-order valence-corrected chi connectivity index (χ0v) is 12.0. The van der Waals surface area contributed by atoms with Crippen LogP contribution in [0.15, 0.2) is 18.2 Å². The summed E-state index contributed by atoms with van der Waals surface area (Å²) in [6.45, 7) is 0.598. The SMILES string of the molecule is COc1cccc(CBr)c1OCC1(CC#N)CC1. The van der Waals surface area contributed by atoms with E-state index < -0.39 is 0 Å². The molecule has 18 heavy (non-hydrogen) atoms. The van der Waals surface area contributed by atoms with Crippen molar-refractivity contribution in [3.63, 3.8) is 0 Å². The van der Waals surface area contributed by atoms with Gasteiger partial charge in [0.2, 0.25) is 0 Å². The van der Waals surface area contributed by atoms with Crippen molar-refractivity contribution in [2.45, 2.75) is 24.6 Å². The molecule has 1 saturated carbocycles. The molecule has 1 aliphatic rings. The van der Waals surface area contributed by atoms with E-state index in [9.17, 15) is 0 Å². The summed E-state index contributed by atoms with van der Waals surface area (Å²) in [5, 5.41) is 9.53. The number of hydrogen-bond acceptors (Lipinski definition) is 3. The molecule has 4 heteroatoms. The molecule has 3 nitrogen and oxygen atoms in total. The van der Waals surface area contributed by atoms with Gasteiger partial charge in [0.1, 0.15) is 0 Å². The summed E-state index contributed by atoms with van der Waals surface area (Å²) in [6.07, 6.45) is 2.74. The quantitative estimate of drug-likeness (QED) is 0.753. The number of benzene rings is 1. The van der Waals surface area contributed by atoms with Gasteiger partial charge in [-0.1, -0.05) is 28.1 Å². The van der Waals surface area contributed by atoms with Gasteiger partial charge in [0.25, 0.3) is 0 Å². The third-order valence-corrected chi connectivity index (χ3v) is 3.96. The minimum absolute atomic E-state index is 0.0825. The number of hydrogen-bond donors (Lipinski definition) is 0. The van der Waals surface area contributed by atoms with Gasteiger partial charge in [-0.3, -0.25) is 0 Å². The van der Waals surface area contributed by atoms with Crippen molar-refractivity contribution in [1.29, 1.82) is 5.26 Å². The van der Waals surface area contributed by atoms with Crippen LogP contribution >= 0.6 is 15.9 Å². The number of ether oxygens (including phenoxy) is 2. The predicted molar refractivity (Wildman–Crippen MR) is 73.0 cm³/mol. The van der Waals surface area contributed by atoms with Gasteiger partial charge in [0, 0.05) is 22.7 Å². The van der Waals surface area contributed by atoms with Crippen LogP contribution in [0.5, 0.6) is 11.5 Å². The van der Waals surface area contributed by atoms with Gasteiger partial charge >= 0.3 is 0 Å². The molecule has 0 spiro atoms. The van der Waals surface area contributed by atoms with Crippen molar-refractivity contribution >= 4 is 15.9 Å². The Morgan fingerprint density at radius 2 is 2.22 bits per heavy atom. The van der Waals surface area contributed by atoms with Crippen LogP contribution in [-0.2, 0) is 5.33 Å². The minimum Gasteiger partial charge on any atom is -0.493 e. The molecule has 1 aromatic carbocycles. The van der Waals surface area contributed by atoms with E-state index in [2.05, 4.69) is 22.0 Å². The number of nitrogens with zero attached hydrogens (tertiary/aromatic N) is 1. The zero-order valence-electron chi connectivity index (χ0n) is 10.4. The maximum atomic E-state index is 8.80. The molecule has 1 fully saturated rings. The Morgan fingerprint density at radius 1 is 1.44 bits per heavy atom. The van der Waals surface area contributed by atoms with Gasteiger partial charge in [0.15, 0.2) is 11.5 Å². The summed E-state index contributed by atoms with van der Waals surface area (Å²) < 4.78 is 11.2. The third-order valence-electron chi connectivity index (χ3n) is 3.36. The van der Waals surface area contributed by atoms with Crippen LogP contribution in [0.25, 0.3) is 0 Å². The Hall–Kier alpha value is -1.21. The molecule has 0 aromatic heterocycles. The number of rotatable bonds is 6. The largest absolute Gasteiger partial charge is 0.493 e. The molecule has 0 unspecified atom stereocenters. The van der Waals surface area contributed by atoms with Crippen LogP contribution in [0.4, 0.5) is 0 Å². The first-order valence-electron chi connectivity index (χ1n) is 5.96. The molecule has 0 amide bonds. The smallest absolute Gasteiger partial charge is 0.165 e. The van der Waals surface area contributed by atoms with Gasteiger partial charge < -0.3 is 9.47 Å². The lowest BCUT2D eigenvalue weighted by Gasteiger charge is -2.17. The van der Waals surface area contributed by atoms with Crippen molar-refractivity contribution in [2.75, 3.05) is 13.7 Å². The number of methoxy groups -OCH3 is 1. The van der Waals surface area contributed by atoms with Crippen molar-refractivity contribution < 1.29 is 9.47 Å². The predicted octanol–water partition coefficient (Wildman–Crippen LogP) is 3.66. The van der Waals surface area contributed by atoms with Gasteiger partial charge in [-0.15, -0.1) is 0 Å². The number of halogens is 1. The fraction of sp³-hybridized carbons (Fsp3) is 0.500. The molecule has 1 aliphatic carbocycles. The van der Waals surface area contributed by atoms with E-state index in [-0.39, 0.29) is 5.41 Å². The van der Waals surface area contributed by atoms with Crippen molar-refractivity contribution in [3.05, 3.63) is 23.8 Å². The summed E-state index contributed by atoms with van der Waals surface area (Å²) in [6, 6.07) is 8.10. The highest BCUT2D eigenvalue weighted by Gasteiger charge is 2.43. The molecule has 0 aliphatic heterocycles. The van der Waals surface area contributed by atoms with E-state index in [1.807, 2.05) is 18.2 Å². The van der Waals surface area contributed by atoms with Gasteiger partial charge in [-0.2, -0.15) is 5.26 Å². The maximum absolute atomic E-state index is 8.80. The van der Waals surface area contributed by atoms with E-state index >= 15 is 0 Å². The topological polar surface area (TPSA) is 42.2 Å². The summed E-state index contributed by atoms with van der Waals surface area (Å²) >= 11 is 3.45. The highest BCUT2D eigenvalue weighted by atomic mass is 79.9. The Morgan fingerprint density at radius 3 is 2.78 bits per heavy atom. The molecule has 0 radical (unpaired) electrons. The van der Waals surface area contributed by atoms with Crippen LogP contribution in [0.2, 0.25) is 0 Å². The third kappa shape index (κ3) is 2.78. The van der Waals surface area contributed by atoms with Crippen molar-refractivity contribution in [3.8, 4) is 17.6 Å². The summed E-state index contributed by atoms with van der Waals surface area (Å²) in [4.78, 5) is 0. The second-order valence-electron chi connectivity index (χ2n) is 4.71. The Kier molecular flexibility index (Phi) is 4.13. The number of para-hydroxylation sites is 1. The zero-order chi connectivity index (χ0) is 13.0.